The summed E-state index contributed by atoms with van der Waals surface area (Å²) in [6.45, 7) is 2.92. The fourth-order valence-electron chi connectivity index (χ4n) is 2.49. The monoisotopic (exact) mass is 350 g/mol. The van der Waals surface area contributed by atoms with Gasteiger partial charge in [-0.2, -0.15) is 0 Å². The molecule has 1 fully saturated rings. The van der Waals surface area contributed by atoms with Gasteiger partial charge in [-0.05, 0) is 56.0 Å². The van der Waals surface area contributed by atoms with Crippen molar-refractivity contribution in [1.29, 1.82) is 0 Å². The summed E-state index contributed by atoms with van der Waals surface area (Å²) >= 11 is 11.9. The van der Waals surface area contributed by atoms with Gasteiger partial charge in [0.05, 0.1) is 6.42 Å². The highest BCUT2D eigenvalue weighted by Gasteiger charge is 2.13. The second-order valence-corrected chi connectivity index (χ2v) is 6.11. The smallest absolute Gasteiger partial charge is 0.224 e. The van der Waals surface area contributed by atoms with E-state index in [2.05, 4.69) is 10.6 Å². The van der Waals surface area contributed by atoms with Gasteiger partial charge in [-0.25, -0.2) is 0 Å². The maximum atomic E-state index is 11.9. The van der Waals surface area contributed by atoms with Crippen LogP contribution in [0.25, 0.3) is 0 Å². The Morgan fingerprint density at radius 1 is 1.38 bits per heavy atom. The third-order valence-electron chi connectivity index (χ3n) is 3.64. The topological polar surface area (TPSA) is 41.1 Å². The number of piperidine rings is 1. The summed E-state index contributed by atoms with van der Waals surface area (Å²) in [6.07, 6.45) is 3.83. The number of hydrogen-bond donors (Lipinski definition) is 2. The minimum atomic E-state index is 0. The van der Waals surface area contributed by atoms with E-state index < -0.39 is 0 Å². The van der Waals surface area contributed by atoms with Crippen molar-refractivity contribution in [1.82, 2.24) is 10.6 Å². The lowest BCUT2D eigenvalue weighted by Crippen LogP contribution is -2.33. The molecule has 0 bridgehead atoms. The van der Waals surface area contributed by atoms with Crippen molar-refractivity contribution in [2.75, 3.05) is 19.6 Å². The second-order valence-electron chi connectivity index (χ2n) is 5.26. The molecule has 118 valence electrons. The summed E-state index contributed by atoms with van der Waals surface area (Å²) in [6, 6.07) is 5.22. The number of nitrogens with one attached hydrogen (secondary N) is 2. The second kappa shape index (κ2) is 9.52. The first kappa shape index (κ1) is 18.6. The minimum absolute atomic E-state index is 0. The highest BCUT2D eigenvalue weighted by atomic mass is 35.5. The van der Waals surface area contributed by atoms with Crippen LogP contribution in [0, 0.1) is 5.92 Å². The van der Waals surface area contributed by atoms with Gasteiger partial charge in [-0.3, -0.25) is 4.79 Å². The molecule has 1 atom stereocenters. The molecule has 0 saturated carbocycles. The van der Waals surface area contributed by atoms with Crippen LogP contribution in [0.3, 0.4) is 0 Å². The Labute approximate surface area is 142 Å². The van der Waals surface area contributed by atoms with E-state index in [0.717, 1.165) is 31.6 Å². The number of hydrogen-bond acceptors (Lipinski definition) is 2. The molecule has 1 aliphatic heterocycles. The van der Waals surface area contributed by atoms with Gasteiger partial charge in [-0.1, -0.05) is 29.3 Å². The van der Waals surface area contributed by atoms with Crippen LogP contribution in [-0.2, 0) is 11.2 Å². The molecule has 1 aliphatic rings. The number of benzene rings is 1. The Morgan fingerprint density at radius 2 is 2.19 bits per heavy atom. The first-order chi connectivity index (χ1) is 9.65. The molecule has 0 radical (unpaired) electrons. The maximum Gasteiger partial charge on any atom is 0.224 e. The molecular weight excluding hydrogens is 331 g/mol. The Bertz CT molecular complexity index is 462. The van der Waals surface area contributed by atoms with Crippen molar-refractivity contribution in [2.45, 2.75) is 25.7 Å². The first-order valence-corrected chi connectivity index (χ1v) is 7.82. The Morgan fingerprint density at radius 3 is 2.86 bits per heavy atom. The van der Waals surface area contributed by atoms with Crippen molar-refractivity contribution >= 4 is 41.5 Å². The highest BCUT2D eigenvalue weighted by Crippen LogP contribution is 2.21. The van der Waals surface area contributed by atoms with E-state index in [1.165, 1.54) is 12.8 Å². The summed E-state index contributed by atoms with van der Waals surface area (Å²) in [4.78, 5) is 11.9. The van der Waals surface area contributed by atoms with Crippen molar-refractivity contribution in [3.63, 3.8) is 0 Å². The Balaban J connectivity index is 0.00000220. The standard InChI is InChI=1S/C15H20Cl2N2O.ClH/c16-13-4-3-12(14(17)9-13)8-15(20)19-7-5-11-2-1-6-18-10-11;/h3-4,9,11,18H,1-2,5-8,10H2,(H,19,20);1H. The molecule has 3 nitrogen and oxygen atoms in total. The molecule has 1 saturated heterocycles. The summed E-state index contributed by atoms with van der Waals surface area (Å²) in [7, 11) is 0. The van der Waals surface area contributed by atoms with Crippen LogP contribution in [0.1, 0.15) is 24.8 Å². The van der Waals surface area contributed by atoms with Gasteiger partial charge < -0.3 is 10.6 Å². The number of amides is 1. The molecule has 0 aliphatic carbocycles. The summed E-state index contributed by atoms with van der Waals surface area (Å²) in [5, 5.41) is 7.48. The molecule has 2 rings (SSSR count). The van der Waals surface area contributed by atoms with Gasteiger partial charge in [0.25, 0.3) is 0 Å². The average molecular weight is 352 g/mol. The van der Waals surface area contributed by atoms with E-state index in [-0.39, 0.29) is 18.3 Å². The van der Waals surface area contributed by atoms with Crippen LogP contribution < -0.4 is 10.6 Å². The van der Waals surface area contributed by atoms with E-state index in [9.17, 15) is 4.79 Å². The zero-order valence-electron chi connectivity index (χ0n) is 11.8. The van der Waals surface area contributed by atoms with E-state index in [4.69, 9.17) is 23.2 Å². The van der Waals surface area contributed by atoms with E-state index in [1.807, 2.05) is 0 Å². The fraction of sp³-hybridized carbons (Fsp3) is 0.533. The van der Waals surface area contributed by atoms with Gasteiger partial charge in [0.15, 0.2) is 0 Å². The normalized spacial score (nSPS) is 17.9. The number of rotatable bonds is 5. The molecule has 2 N–H and O–H groups in total. The molecule has 0 spiro atoms. The number of carbonyl (C=O) groups excluding carboxylic acids is 1. The van der Waals surface area contributed by atoms with Crippen LogP contribution in [-0.4, -0.2) is 25.5 Å². The van der Waals surface area contributed by atoms with Crippen LogP contribution >= 0.6 is 35.6 Å². The molecule has 1 aromatic carbocycles. The van der Waals surface area contributed by atoms with Crippen molar-refractivity contribution < 1.29 is 4.79 Å². The molecule has 6 heteroatoms. The molecular formula is C15H21Cl3N2O. The zero-order chi connectivity index (χ0) is 14.4. The number of halogens is 3. The molecule has 1 unspecified atom stereocenters. The fourth-order valence-corrected chi connectivity index (χ4v) is 2.96. The van der Waals surface area contributed by atoms with Crippen molar-refractivity contribution in [3.8, 4) is 0 Å². The largest absolute Gasteiger partial charge is 0.356 e. The van der Waals surface area contributed by atoms with Gasteiger partial charge in [0, 0.05) is 16.6 Å². The third kappa shape index (κ3) is 6.43. The molecule has 21 heavy (non-hydrogen) atoms. The molecule has 1 heterocycles. The lowest BCUT2D eigenvalue weighted by atomic mass is 9.96. The maximum absolute atomic E-state index is 11.9. The highest BCUT2D eigenvalue weighted by molar-refractivity contribution is 6.35. The predicted molar refractivity (Wildman–Crippen MR) is 90.6 cm³/mol. The minimum Gasteiger partial charge on any atom is -0.356 e. The van der Waals surface area contributed by atoms with Crippen molar-refractivity contribution in [2.24, 2.45) is 5.92 Å². The zero-order valence-corrected chi connectivity index (χ0v) is 14.2. The van der Waals surface area contributed by atoms with Crippen molar-refractivity contribution in [3.05, 3.63) is 33.8 Å². The Hall–Kier alpha value is -0.480. The summed E-state index contributed by atoms with van der Waals surface area (Å²) in [5.41, 5.74) is 0.813. The summed E-state index contributed by atoms with van der Waals surface area (Å²) < 4.78 is 0. The average Bonchev–Trinajstić information content (AvgIpc) is 2.43. The lowest BCUT2D eigenvalue weighted by molar-refractivity contribution is -0.120. The lowest BCUT2D eigenvalue weighted by Gasteiger charge is -2.22. The van der Waals surface area contributed by atoms with Gasteiger partial charge in [0.2, 0.25) is 5.91 Å². The van der Waals surface area contributed by atoms with E-state index >= 15 is 0 Å². The third-order valence-corrected chi connectivity index (χ3v) is 4.23. The quantitative estimate of drug-likeness (QED) is 0.853. The molecule has 1 aromatic rings. The van der Waals surface area contributed by atoms with Crippen LogP contribution in [0.2, 0.25) is 10.0 Å². The van der Waals surface area contributed by atoms with Crippen LogP contribution in [0.15, 0.2) is 18.2 Å². The van der Waals surface area contributed by atoms with Crippen LogP contribution in [0.4, 0.5) is 0 Å². The van der Waals surface area contributed by atoms with Crippen LogP contribution in [0.5, 0.6) is 0 Å². The van der Waals surface area contributed by atoms with Gasteiger partial charge in [0.1, 0.15) is 0 Å². The van der Waals surface area contributed by atoms with E-state index in [0.29, 0.717) is 22.4 Å². The Kier molecular flexibility index (Phi) is 8.42. The predicted octanol–water partition coefficient (Wildman–Crippen LogP) is 3.46. The number of carbonyl (C=O) groups is 1. The first-order valence-electron chi connectivity index (χ1n) is 7.06. The molecule has 0 aromatic heterocycles. The summed E-state index contributed by atoms with van der Waals surface area (Å²) in [5.74, 6) is 0.696. The molecule has 1 amide bonds. The SMILES string of the molecule is Cl.O=C(Cc1ccc(Cl)cc1Cl)NCCC1CCCNC1. The van der Waals surface area contributed by atoms with Gasteiger partial charge in [-0.15, -0.1) is 12.4 Å². The van der Waals surface area contributed by atoms with Gasteiger partial charge >= 0.3 is 0 Å². The van der Waals surface area contributed by atoms with E-state index in [1.54, 1.807) is 18.2 Å².